The van der Waals surface area contributed by atoms with Crippen molar-refractivity contribution in [3.8, 4) is 0 Å². The van der Waals surface area contributed by atoms with Crippen LogP contribution in [-0.2, 0) is 10.0 Å². The SMILES string of the molecule is O=S(=O)(NCC(O)c1ccco1)c1ccc(F)cc1F. The molecule has 0 aliphatic rings. The number of aliphatic hydroxyl groups excluding tert-OH is 1. The molecule has 108 valence electrons. The van der Waals surface area contributed by atoms with E-state index in [0.717, 1.165) is 12.1 Å². The van der Waals surface area contributed by atoms with Crippen LogP contribution in [-0.4, -0.2) is 20.1 Å². The number of hydrogen-bond acceptors (Lipinski definition) is 4. The normalized spacial score (nSPS) is 13.3. The molecule has 0 aliphatic carbocycles. The van der Waals surface area contributed by atoms with E-state index in [1.807, 2.05) is 4.72 Å². The van der Waals surface area contributed by atoms with Gasteiger partial charge in [0.05, 0.1) is 6.26 Å². The Morgan fingerprint density at radius 1 is 1.30 bits per heavy atom. The second kappa shape index (κ2) is 5.70. The Bertz CT molecular complexity index is 685. The first-order chi connectivity index (χ1) is 9.40. The number of aliphatic hydroxyl groups is 1. The Kier molecular flexibility index (Phi) is 4.17. The van der Waals surface area contributed by atoms with E-state index < -0.39 is 39.2 Å². The lowest BCUT2D eigenvalue weighted by atomic mass is 10.3. The predicted octanol–water partition coefficient (Wildman–Crippen LogP) is 1.57. The van der Waals surface area contributed by atoms with Crippen molar-refractivity contribution >= 4 is 10.0 Å². The van der Waals surface area contributed by atoms with E-state index in [9.17, 15) is 22.3 Å². The van der Waals surface area contributed by atoms with Gasteiger partial charge in [0, 0.05) is 12.6 Å². The van der Waals surface area contributed by atoms with Crippen molar-refractivity contribution in [1.29, 1.82) is 0 Å². The maximum Gasteiger partial charge on any atom is 0.243 e. The van der Waals surface area contributed by atoms with E-state index >= 15 is 0 Å². The highest BCUT2D eigenvalue weighted by Crippen LogP contribution is 2.17. The van der Waals surface area contributed by atoms with Gasteiger partial charge in [-0.25, -0.2) is 21.9 Å². The molecule has 2 aromatic rings. The average molecular weight is 303 g/mol. The number of furan rings is 1. The number of nitrogens with one attached hydrogen (secondary N) is 1. The van der Waals surface area contributed by atoms with Crippen molar-refractivity contribution in [2.24, 2.45) is 0 Å². The molecule has 0 aliphatic heterocycles. The summed E-state index contributed by atoms with van der Waals surface area (Å²) in [5.74, 6) is -1.91. The second-order valence-electron chi connectivity index (χ2n) is 3.96. The van der Waals surface area contributed by atoms with E-state index in [1.165, 1.54) is 18.4 Å². The number of hydrogen-bond donors (Lipinski definition) is 2. The number of benzene rings is 1. The second-order valence-corrected chi connectivity index (χ2v) is 5.69. The first-order valence-corrected chi connectivity index (χ1v) is 7.04. The molecule has 0 bridgehead atoms. The van der Waals surface area contributed by atoms with Gasteiger partial charge in [0.25, 0.3) is 0 Å². The predicted molar refractivity (Wildman–Crippen MR) is 65.2 cm³/mol. The zero-order valence-corrected chi connectivity index (χ0v) is 10.9. The Hall–Kier alpha value is -1.77. The van der Waals surface area contributed by atoms with Crippen LogP contribution in [0.4, 0.5) is 8.78 Å². The minimum atomic E-state index is -4.19. The molecule has 1 aromatic heterocycles. The Morgan fingerprint density at radius 3 is 2.65 bits per heavy atom. The molecule has 8 heteroatoms. The highest BCUT2D eigenvalue weighted by molar-refractivity contribution is 7.89. The van der Waals surface area contributed by atoms with Crippen LogP contribution in [0.2, 0.25) is 0 Å². The fourth-order valence-corrected chi connectivity index (χ4v) is 2.64. The standard InChI is InChI=1S/C12H11F2NO4S/c13-8-3-4-12(9(14)6-8)20(17,18)15-7-10(16)11-2-1-5-19-11/h1-6,10,15-16H,7H2. The molecule has 1 unspecified atom stereocenters. The molecule has 0 radical (unpaired) electrons. The van der Waals surface area contributed by atoms with Crippen molar-refractivity contribution in [3.63, 3.8) is 0 Å². The summed E-state index contributed by atoms with van der Waals surface area (Å²) in [7, 11) is -4.19. The molecule has 1 aromatic carbocycles. The van der Waals surface area contributed by atoms with E-state index in [0.29, 0.717) is 6.07 Å². The first-order valence-electron chi connectivity index (χ1n) is 5.56. The van der Waals surface area contributed by atoms with Gasteiger partial charge in [0.1, 0.15) is 28.4 Å². The van der Waals surface area contributed by atoms with Crippen molar-refractivity contribution in [3.05, 3.63) is 54.0 Å². The van der Waals surface area contributed by atoms with Crippen LogP contribution >= 0.6 is 0 Å². The highest BCUT2D eigenvalue weighted by atomic mass is 32.2. The smallest absolute Gasteiger partial charge is 0.243 e. The van der Waals surface area contributed by atoms with Crippen molar-refractivity contribution in [2.45, 2.75) is 11.0 Å². The van der Waals surface area contributed by atoms with E-state index in [-0.39, 0.29) is 5.76 Å². The van der Waals surface area contributed by atoms with Crippen LogP contribution in [0.15, 0.2) is 45.9 Å². The molecule has 1 atom stereocenters. The minimum absolute atomic E-state index is 0.173. The van der Waals surface area contributed by atoms with E-state index in [1.54, 1.807) is 0 Å². The summed E-state index contributed by atoms with van der Waals surface area (Å²) in [4.78, 5) is -0.689. The third kappa shape index (κ3) is 3.21. The third-order valence-electron chi connectivity index (χ3n) is 2.52. The summed E-state index contributed by atoms with van der Waals surface area (Å²) in [6, 6.07) is 5.12. The van der Waals surface area contributed by atoms with Gasteiger partial charge in [0.2, 0.25) is 10.0 Å². The van der Waals surface area contributed by atoms with Crippen LogP contribution < -0.4 is 4.72 Å². The Balaban J connectivity index is 2.11. The number of rotatable bonds is 5. The van der Waals surface area contributed by atoms with Crippen LogP contribution in [0, 0.1) is 11.6 Å². The maximum atomic E-state index is 13.4. The molecule has 0 amide bonds. The van der Waals surface area contributed by atoms with Gasteiger partial charge in [-0.3, -0.25) is 0 Å². The molecule has 0 fully saturated rings. The van der Waals surface area contributed by atoms with Gasteiger partial charge in [-0.15, -0.1) is 0 Å². The molecule has 5 nitrogen and oxygen atoms in total. The first kappa shape index (κ1) is 14.6. The molecule has 20 heavy (non-hydrogen) atoms. The summed E-state index contributed by atoms with van der Waals surface area (Å²) in [5, 5.41) is 9.66. The number of halogens is 2. The molecular formula is C12H11F2NO4S. The zero-order chi connectivity index (χ0) is 14.8. The molecule has 0 saturated carbocycles. The van der Waals surface area contributed by atoms with E-state index in [4.69, 9.17) is 4.42 Å². The lowest BCUT2D eigenvalue weighted by Gasteiger charge is -2.10. The summed E-state index contributed by atoms with van der Waals surface area (Å²) in [5.41, 5.74) is 0. The van der Waals surface area contributed by atoms with Crippen molar-refractivity contribution < 1.29 is 26.7 Å². The fraction of sp³-hybridized carbons (Fsp3) is 0.167. The number of sulfonamides is 1. The molecular weight excluding hydrogens is 292 g/mol. The van der Waals surface area contributed by atoms with Gasteiger partial charge >= 0.3 is 0 Å². The molecule has 2 rings (SSSR count). The van der Waals surface area contributed by atoms with Crippen molar-refractivity contribution in [2.75, 3.05) is 6.54 Å². The summed E-state index contributed by atoms with van der Waals surface area (Å²) in [6.07, 6.45) is 0.121. The third-order valence-corrected chi connectivity index (χ3v) is 3.98. The summed E-state index contributed by atoms with van der Waals surface area (Å²) < 4.78 is 56.7. The fourth-order valence-electron chi connectivity index (χ4n) is 1.54. The summed E-state index contributed by atoms with van der Waals surface area (Å²) >= 11 is 0. The quantitative estimate of drug-likeness (QED) is 0.878. The highest BCUT2D eigenvalue weighted by Gasteiger charge is 2.21. The lowest BCUT2D eigenvalue weighted by Crippen LogP contribution is -2.29. The lowest BCUT2D eigenvalue weighted by molar-refractivity contribution is 0.154. The van der Waals surface area contributed by atoms with Gasteiger partial charge in [-0.2, -0.15) is 0 Å². The average Bonchev–Trinajstić information content (AvgIpc) is 2.89. The monoisotopic (exact) mass is 303 g/mol. The van der Waals surface area contributed by atoms with Gasteiger partial charge < -0.3 is 9.52 Å². The van der Waals surface area contributed by atoms with Crippen molar-refractivity contribution in [1.82, 2.24) is 4.72 Å². The van der Waals surface area contributed by atoms with Crippen LogP contribution in [0.5, 0.6) is 0 Å². The maximum absolute atomic E-state index is 13.4. The van der Waals surface area contributed by atoms with Gasteiger partial charge in [-0.1, -0.05) is 0 Å². The van der Waals surface area contributed by atoms with Gasteiger partial charge in [0.15, 0.2) is 0 Å². The topological polar surface area (TPSA) is 79.5 Å². The molecule has 0 saturated heterocycles. The molecule has 2 N–H and O–H groups in total. The summed E-state index contributed by atoms with van der Waals surface area (Å²) in [6.45, 7) is -0.396. The van der Waals surface area contributed by atoms with E-state index in [2.05, 4.69) is 0 Å². The largest absolute Gasteiger partial charge is 0.467 e. The van der Waals surface area contributed by atoms with Gasteiger partial charge in [-0.05, 0) is 24.3 Å². The van der Waals surface area contributed by atoms with Crippen LogP contribution in [0.3, 0.4) is 0 Å². The molecule has 0 spiro atoms. The Labute approximate surface area is 113 Å². The zero-order valence-electron chi connectivity index (χ0n) is 10.1. The van der Waals surface area contributed by atoms with Crippen LogP contribution in [0.1, 0.15) is 11.9 Å². The minimum Gasteiger partial charge on any atom is -0.467 e. The van der Waals surface area contributed by atoms with Crippen LogP contribution in [0.25, 0.3) is 0 Å². The molecule has 1 heterocycles. The Morgan fingerprint density at radius 2 is 2.05 bits per heavy atom.